The van der Waals surface area contributed by atoms with Crippen LogP contribution in [0.25, 0.3) is 5.57 Å². The molecule has 0 fully saturated rings. The number of fused-ring (bicyclic) bond motifs is 1. The van der Waals surface area contributed by atoms with Crippen molar-refractivity contribution in [3.8, 4) is 0 Å². The number of nitrogens with zero attached hydrogens (tertiary/aromatic N) is 3. The van der Waals surface area contributed by atoms with Crippen molar-refractivity contribution in [1.29, 1.82) is 0 Å². The summed E-state index contributed by atoms with van der Waals surface area (Å²) in [6, 6.07) is 0. The van der Waals surface area contributed by atoms with Crippen LogP contribution in [-0.4, -0.2) is 27.8 Å². The third kappa shape index (κ3) is 2.08. The summed E-state index contributed by atoms with van der Waals surface area (Å²) in [5.74, 6) is -0.258. The molecule has 1 aromatic rings. The molecule has 19 heavy (non-hydrogen) atoms. The number of aliphatic imine (C=N–C) groups is 1. The molecule has 0 radical (unpaired) electrons. The lowest BCUT2D eigenvalue weighted by atomic mass is 9.87. The van der Waals surface area contributed by atoms with Gasteiger partial charge in [0.05, 0.1) is 23.5 Å². The zero-order valence-corrected chi connectivity index (χ0v) is 10.6. The molecule has 1 aliphatic carbocycles. The Labute approximate surface area is 110 Å². The SMILES string of the molecule is Cn1cc(C2=CC3C(=O)C=C(CN)N=C3C=C2)cn1. The number of allylic oxidation sites excluding steroid dienone is 5. The third-order valence-electron chi connectivity index (χ3n) is 3.23. The fraction of sp³-hybridized carbons (Fsp3) is 0.214. The number of nitrogens with two attached hydrogens (primary N) is 1. The van der Waals surface area contributed by atoms with Crippen LogP contribution in [0.4, 0.5) is 0 Å². The maximum atomic E-state index is 12.1. The molecular formula is C14H14N4O. The Morgan fingerprint density at radius 3 is 2.95 bits per heavy atom. The monoisotopic (exact) mass is 254 g/mol. The van der Waals surface area contributed by atoms with Crippen LogP contribution >= 0.6 is 0 Å². The van der Waals surface area contributed by atoms with Gasteiger partial charge in [0.25, 0.3) is 0 Å². The van der Waals surface area contributed by atoms with Gasteiger partial charge in [-0.2, -0.15) is 5.10 Å². The molecule has 1 aliphatic heterocycles. The molecule has 2 heterocycles. The van der Waals surface area contributed by atoms with Crippen molar-refractivity contribution in [3.05, 3.63) is 48.0 Å². The van der Waals surface area contributed by atoms with Crippen molar-refractivity contribution in [2.45, 2.75) is 0 Å². The summed E-state index contributed by atoms with van der Waals surface area (Å²) in [4.78, 5) is 16.5. The molecule has 0 bridgehead atoms. The molecule has 1 aromatic heterocycles. The quantitative estimate of drug-likeness (QED) is 0.850. The van der Waals surface area contributed by atoms with E-state index in [4.69, 9.17) is 5.73 Å². The van der Waals surface area contributed by atoms with E-state index < -0.39 is 0 Å². The van der Waals surface area contributed by atoms with Crippen LogP contribution in [0.5, 0.6) is 0 Å². The normalized spacial score (nSPS) is 21.7. The van der Waals surface area contributed by atoms with E-state index in [0.29, 0.717) is 5.70 Å². The van der Waals surface area contributed by atoms with Crippen LogP contribution in [0.3, 0.4) is 0 Å². The molecule has 5 heteroatoms. The van der Waals surface area contributed by atoms with Gasteiger partial charge in [0.15, 0.2) is 5.78 Å². The van der Waals surface area contributed by atoms with Crippen molar-refractivity contribution in [1.82, 2.24) is 9.78 Å². The van der Waals surface area contributed by atoms with E-state index in [1.807, 2.05) is 31.5 Å². The second-order valence-corrected chi connectivity index (χ2v) is 4.61. The average molecular weight is 254 g/mol. The number of hydrogen-bond acceptors (Lipinski definition) is 4. The molecule has 0 saturated carbocycles. The van der Waals surface area contributed by atoms with Crippen LogP contribution in [0.2, 0.25) is 0 Å². The second-order valence-electron chi connectivity index (χ2n) is 4.61. The van der Waals surface area contributed by atoms with Crippen LogP contribution in [0, 0.1) is 5.92 Å². The molecule has 96 valence electrons. The lowest BCUT2D eigenvalue weighted by Gasteiger charge is -2.20. The van der Waals surface area contributed by atoms with Crippen molar-refractivity contribution in [2.24, 2.45) is 23.7 Å². The highest BCUT2D eigenvalue weighted by Gasteiger charge is 2.26. The summed E-state index contributed by atoms with van der Waals surface area (Å²) >= 11 is 0. The van der Waals surface area contributed by atoms with Gasteiger partial charge in [-0.05, 0) is 11.6 Å². The van der Waals surface area contributed by atoms with Gasteiger partial charge in [0.1, 0.15) is 0 Å². The van der Waals surface area contributed by atoms with Crippen LogP contribution in [0.15, 0.2) is 47.4 Å². The van der Waals surface area contributed by atoms with Crippen molar-refractivity contribution in [3.63, 3.8) is 0 Å². The zero-order chi connectivity index (χ0) is 13.4. The van der Waals surface area contributed by atoms with Gasteiger partial charge in [-0.3, -0.25) is 14.5 Å². The highest BCUT2D eigenvalue weighted by Crippen LogP contribution is 2.26. The molecule has 0 amide bonds. The minimum absolute atomic E-state index is 0.0381. The van der Waals surface area contributed by atoms with Gasteiger partial charge >= 0.3 is 0 Å². The smallest absolute Gasteiger partial charge is 0.170 e. The van der Waals surface area contributed by atoms with Gasteiger partial charge in [0, 0.05) is 31.4 Å². The molecule has 1 atom stereocenters. The summed E-state index contributed by atoms with van der Waals surface area (Å²) in [6.45, 7) is 0.287. The molecule has 2 aliphatic rings. The zero-order valence-electron chi connectivity index (χ0n) is 10.6. The van der Waals surface area contributed by atoms with E-state index >= 15 is 0 Å². The fourth-order valence-electron chi connectivity index (χ4n) is 2.25. The number of carbonyl (C=O) groups excluding carboxylic acids is 1. The Morgan fingerprint density at radius 2 is 2.26 bits per heavy atom. The summed E-state index contributed by atoms with van der Waals surface area (Å²) < 4.78 is 1.74. The van der Waals surface area contributed by atoms with Gasteiger partial charge in [-0.1, -0.05) is 12.2 Å². The molecule has 3 rings (SSSR count). The lowest BCUT2D eigenvalue weighted by Crippen LogP contribution is -2.26. The van der Waals surface area contributed by atoms with Gasteiger partial charge < -0.3 is 5.73 Å². The average Bonchev–Trinajstić information content (AvgIpc) is 2.85. The number of hydrogen-bond donors (Lipinski definition) is 1. The maximum absolute atomic E-state index is 12.1. The number of aromatic nitrogens is 2. The Kier molecular flexibility index (Phi) is 2.76. The first kappa shape index (κ1) is 11.8. The van der Waals surface area contributed by atoms with Crippen molar-refractivity contribution >= 4 is 17.1 Å². The summed E-state index contributed by atoms with van der Waals surface area (Å²) in [6.07, 6.45) is 11.0. The van der Waals surface area contributed by atoms with Crippen molar-refractivity contribution < 1.29 is 4.79 Å². The third-order valence-corrected chi connectivity index (χ3v) is 3.23. The van der Waals surface area contributed by atoms with E-state index in [-0.39, 0.29) is 18.2 Å². The number of carbonyl (C=O) groups is 1. The Bertz CT molecular complexity index is 661. The molecule has 1 unspecified atom stereocenters. The van der Waals surface area contributed by atoms with Crippen LogP contribution in [-0.2, 0) is 11.8 Å². The van der Waals surface area contributed by atoms with Crippen LogP contribution < -0.4 is 5.73 Å². The van der Waals surface area contributed by atoms with Crippen LogP contribution in [0.1, 0.15) is 5.56 Å². The first-order valence-electron chi connectivity index (χ1n) is 6.09. The van der Waals surface area contributed by atoms with Crippen molar-refractivity contribution in [2.75, 3.05) is 6.54 Å². The summed E-state index contributed by atoms with van der Waals surface area (Å²) in [5.41, 5.74) is 8.93. The molecule has 0 aromatic carbocycles. The van der Waals surface area contributed by atoms with E-state index in [1.54, 1.807) is 10.9 Å². The molecule has 0 spiro atoms. The van der Waals surface area contributed by atoms with Gasteiger partial charge in [-0.25, -0.2) is 0 Å². The summed E-state index contributed by atoms with van der Waals surface area (Å²) in [7, 11) is 1.87. The van der Waals surface area contributed by atoms with E-state index in [1.165, 1.54) is 6.08 Å². The maximum Gasteiger partial charge on any atom is 0.170 e. The number of rotatable bonds is 2. The Morgan fingerprint density at radius 1 is 1.42 bits per heavy atom. The predicted molar refractivity (Wildman–Crippen MR) is 73.4 cm³/mol. The predicted octanol–water partition coefficient (Wildman–Crippen LogP) is 0.856. The molecule has 2 N–H and O–H groups in total. The number of ketones is 1. The number of aryl methyl sites for hydroxylation is 1. The highest BCUT2D eigenvalue weighted by atomic mass is 16.1. The fourth-order valence-corrected chi connectivity index (χ4v) is 2.25. The second kappa shape index (κ2) is 4.44. The molecular weight excluding hydrogens is 240 g/mol. The van der Waals surface area contributed by atoms with E-state index in [0.717, 1.165) is 16.8 Å². The minimum atomic E-state index is -0.296. The largest absolute Gasteiger partial charge is 0.325 e. The van der Waals surface area contributed by atoms with E-state index in [9.17, 15) is 4.79 Å². The first-order chi connectivity index (χ1) is 9.17. The first-order valence-corrected chi connectivity index (χ1v) is 6.09. The standard InChI is InChI=1S/C14H14N4O/c1-18-8-10(7-16-18)9-2-3-13-12(4-9)14(19)5-11(6-15)17-13/h2-5,7-8,12H,6,15H2,1H3. The Hall–Kier alpha value is -2.27. The minimum Gasteiger partial charge on any atom is -0.325 e. The van der Waals surface area contributed by atoms with E-state index in [2.05, 4.69) is 10.1 Å². The van der Waals surface area contributed by atoms with Gasteiger partial charge in [0.2, 0.25) is 0 Å². The molecule has 5 nitrogen and oxygen atoms in total. The highest BCUT2D eigenvalue weighted by molar-refractivity contribution is 6.20. The summed E-state index contributed by atoms with van der Waals surface area (Å²) in [5, 5.41) is 4.14. The van der Waals surface area contributed by atoms with Gasteiger partial charge in [-0.15, -0.1) is 0 Å². The Balaban J connectivity index is 1.96. The topological polar surface area (TPSA) is 73.3 Å². The lowest BCUT2D eigenvalue weighted by molar-refractivity contribution is -0.115. The molecule has 0 saturated heterocycles.